The molecule has 0 aliphatic heterocycles. The molecule has 6 nitrogen and oxygen atoms in total. The van der Waals surface area contributed by atoms with E-state index in [1.807, 2.05) is 17.5 Å². The number of rotatable bonds is 9. The maximum Gasteiger partial charge on any atom is 0.329 e. The second kappa shape index (κ2) is 9.32. The fourth-order valence-corrected chi connectivity index (χ4v) is 3.21. The molecule has 1 atom stereocenters. The third-order valence-electron chi connectivity index (χ3n) is 4.38. The normalized spacial score (nSPS) is 12.8. The van der Waals surface area contributed by atoms with Gasteiger partial charge in [0.2, 0.25) is 5.91 Å². The zero-order valence-electron chi connectivity index (χ0n) is 15.5. The second-order valence-electron chi connectivity index (χ2n) is 6.51. The monoisotopic (exact) mass is 388 g/mol. The molecule has 0 saturated carbocycles. The van der Waals surface area contributed by atoms with E-state index in [1.54, 1.807) is 42.5 Å². The van der Waals surface area contributed by atoms with Crippen molar-refractivity contribution in [2.75, 3.05) is 5.32 Å². The standard InChI is InChI=1S/C20H24N2O4S/c1-3-20(2,19(25)26)22-18(24)14-7-4-8-15(13-14)21-17(23)11-5-9-16-10-6-12-27-16/h4,6-8,10,12-13H,3,5,9,11H2,1-2H3,(H,21,23)(H,22,24)(H,25,26). The number of nitrogens with one attached hydrogen (secondary N) is 2. The quantitative estimate of drug-likeness (QED) is 0.610. The highest BCUT2D eigenvalue weighted by Gasteiger charge is 2.33. The van der Waals surface area contributed by atoms with E-state index in [1.165, 1.54) is 11.8 Å². The molecule has 0 spiro atoms. The molecule has 3 N–H and O–H groups in total. The van der Waals surface area contributed by atoms with E-state index in [2.05, 4.69) is 10.6 Å². The molecule has 1 aromatic carbocycles. The number of hydrogen-bond acceptors (Lipinski definition) is 4. The average Bonchev–Trinajstić information content (AvgIpc) is 3.15. The Morgan fingerprint density at radius 1 is 1.19 bits per heavy atom. The molecule has 1 unspecified atom stereocenters. The number of amides is 2. The number of carbonyl (C=O) groups is 3. The van der Waals surface area contributed by atoms with Crippen LogP contribution in [0, 0.1) is 0 Å². The van der Waals surface area contributed by atoms with E-state index in [0.717, 1.165) is 12.8 Å². The highest BCUT2D eigenvalue weighted by atomic mass is 32.1. The van der Waals surface area contributed by atoms with Crippen molar-refractivity contribution in [1.82, 2.24) is 5.32 Å². The third-order valence-corrected chi connectivity index (χ3v) is 5.32. The van der Waals surface area contributed by atoms with Crippen LogP contribution < -0.4 is 10.6 Å². The van der Waals surface area contributed by atoms with Crippen LogP contribution in [0.4, 0.5) is 5.69 Å². The van der Waals surface area contributed by atoms with Gasteiger partial charge in [-0.15, -0.1) is 11.3 Å². The van der Waals surface area contributed by atoms with E-state index in [9.17, 15) is 19.5 Å². The van der Waals surface area contributed by atoms with Crippen molar-refractivity contribution < 1.29 is 19.5 Å². The maximum absolute atomic E-state index is 12.4. The minimum atomic E-state index is -1.34. The zero-order valence-corrected chi connectivity index (χ0v) is 16.3. The highest BCUT2D eigenvalue weighted by molar-refractivity contribution is 7.09. The number of carboxylic acids is 1. The van der Waals surface area contributed by atoms with Gasteiger partial charge < -0.3 is 15.7 Å². The van der Waals surface area contributed by atoms with E-state index in [4.69, 9.17) is 0 Å². The molecular weight excluding hydrogens is 364 g/mol. The zero-order chi connectivity index (χ0) is 19.9. The number of aliphatic carboxylic acids is 1. The second-order valence-corrected chi connectivity index (χ2v) is 7.54. The minimum Gasteiger partial charge on any atom is -0.480 e. The van der Waals surface area contributed by atoms with Crippen LogP contribution in [0.1, 0.15) is 48.3 Å². The fraction of sp³-hybridized carbons (Fsp3) is 0.350. The maximum atomic E-state index is 12.4. The van der Waals surface area contributed by atoms with Crippen molar-refractivity contribution in [2.24, 2.45) is 0 Å². The van der Waals surface area contributed by atoms with Crippen LogP contribution in [0.3, 0.4) is 0 Å². The molecule has 0 radical (unpaired) electrons. The Bertz CT molecular complexity index is 804. The van der Waals surface area contributed by atoms with Gasteiger partial charge in [-0.1, -0.05) is 19.1 Å². The lowest BCUT2D eigenvalue weighted by Gasteiger charge is -2.24. The molecule has 2 rings (SSSR count). The third kappa shape index (κ3) is 5.92. The van der Waals surface area contributed by atoms with Crippen LogP contribution in [-0.2, 0) is 16.0 Å². The molecule has 0 saturated heterocycles. The summed E-state index contributed by atoms with van der Waals surface area (Å²) in [4.78, 5) is 37.1. The van der Waals surface area contributed by atoms with Crippen LogP contribution in [-0.4, -0.2) is 28.4 Å². The Kier molecular flexibility index (Phi) is 7.12. The van der Waals surface area contributed by atoms with Gasteiger partial charge in [0.1, 0.15) is 5.54 Å². The SMILES string of the molecule is CCC(C)(NC(=O)c1cccc(NC(=O)CCCc2cccs2)c1)C(=O)O. The van der Waals surface area contributed by atoms with E-state index >= 15 is 0 Å². The van der Waals surface area contributed by atoms with Crippen molar-refractivity contribution in [2.45, 2.75) is 45.1 Å². The molecule has 1 aromatic heterocycles. The van der Waals surface area contributed by atoms with Gasteiger partial charge in [0.25, 0.3) is 5.91 Å². The van der Waals surface area contributed by atoms with Gasteiger partial charge in [-0.3, -0.25) is 9.59 Å². The predicted octanol–water partition coefficient (Wildman–Crippen LogP) is 3.69. The van der Waals surface area contributed by atoms with E-state index in [-0.39, 0.29) is 12.3 Å². The molecule has 0 aliphatic rings. The summed E-state index contributed by atoms with van der Waals surface area (Å²) in [7, 11) is 0. The number of anilines is 1. The van der Waals surface area contributed by atoms with Crippen LogP contribution >= 0.6 is 11.3 Å². The van der Waals surface area contributed by atoms with Crippen LogP contribution in [0.5, 0.6) is 0 Å². The molecule has 1 heterocycles. The van der Waals surface area contributed by atoms with E-state index in [0.29, 0.717) is 17.7 Å². The largest absolute Gasteiger partial charge is 0.480 e. The Labute approximate surface area is 162 Å². The first-order chi connectivity index (χ1) is 12.8. The average molecular weight is 388 g/mol. The lowest BCUT2D eigenvalue weighted by atomic mass is 9.98. The predicted molar refractivity (Wildman–Crippen MR) is 106 cm³/mol. The van der Waals surface area contributed by atoms with Crippen molar-refractivity contribution in [3.05, 3.63) is 52.2 Å². The van der Waals surface area contributed by atoms with Crippen LogP contribution in [0.15, 0.2) is 41.8 Å². The molecule has 144 valence electrons. The number of carboxylic acid groups (broad SMARTS) is 1. The molecule has 0 bridgehead atoms. The minimum absolute atomic E-state index is 0.118. The van der Waals surface area contributed by atoms with Gasteiger partial charge in [0.15, 0.2) is 0 Å². The molecule has 27 heavy (non-hydrogen) atoms. The van der Waals surface area contributed by atoms with Gasteiger partial charge in [0, 0.05) is 22.5 Å². The van der Waals surface area contributed by atoms with Gasteiger partial charge in [0.05, 0.1) is 0 Å². The molecule has 2 amide bonds. The summed E-state index contributed by atoms with van der Waals surface area (Å²) in [5.74, 6) is -1.70. The number of hydrogen-bond donors (Lipinski definition) is 3. The Hall–Kier alpha value is -2.67. The van der Waals surface area contributed by atoms with E-state index < -0.39 is 17.4 Å². The van der Waals surface area contributed by atoms with Gasteiger partial charge in [-0.2, -0.15) is 0 Å². The van der Waals surface area contributed by atoms with Gasteiger partial charge >= 0.3 is 5.97 Å². The van der Waals surface area contributed by atoms with Gasteiger partial charge in [-0.05, 0) is 55.8 Å². The Morgan fingerprint density at radius 2 is 1.96 bits per heavy atom. The summed E-state index contributed by atoms with van der Waals surface area (Å²) in [6.07, 6.45) is 2.26. The Morgan fingerprint density at radius 3 is 2.59 bits per heavy atom. The first-order valence-electron chi connectivity index (χ1n) is 8.82. The lowest BCUT2D eigenvalue weighted by molar-refractivity contribution is -0.143. The van der Waals surface area contributed by atoms with Crippen LogP contribution in [0.25, 0.3) is 0 Å². The van der Waals surface area contributed by atoms with Crippen molar-refractivity contribution in [1.29, 1.82) is 0 Å². The summed E-state index contributed by atoms with van der Waals surface area (Å²) in [5.41, 5.74) is -0.525. The summed E-state index contributed by atoms with van der Waals surface area (Å²) in [6.45, 7) is 3.16. The summed E-state index contributed by atoms with van der Waals surface area (Å²) in [5, 5.41) is 16.6. The molecule has 2 aromatic rings. The number of aryl methyl sites for hydroxylation is 1. The van der Waals surface area contributed by atoms with Crippen molar-refractivity contribution in [3.63, 3.8) is 0 Å². The topological polar surface area (TPSA) is 95.5 Å². The lowest BCUT2D eigenvalue weighted by Crippen LogP contribution is -2.51. The molecular formula is C20H24N2O4S. The first kappa shape index (κ1) is 20.6. The number of carbonyl (C=O) groups excluding carboxylic acids is 2. The smallest absolute Gasteiger partial charge is 0.329 e. The molecule has 0 fully saturated rings. The Balaban J connectivity index is 1.92. The molecule has 0 aliphatic carbocycles. The fourth-order valence-electron chi connectivity index (χ4n) is 2.46. The number of benzene rings is 1. The van der Waals surface area contributed by atoms with Crippen molar-refractivity contribution in [3.8, 4) is 0 Å². The number of thiophene rings is 1. The van der Waals surface area contributed by atoms with Gasteiger partial charge in [-0.25, -0.2) is 4.79 Å². The summed E-state index contributed by atoms with van der Waals surface area (Å²) in [6, 6.07) is 10.5. The molecule has 7 heteroatoms. The summed E-state index contributed by atoms with van der Waals surface area (Å²) < 4.78 is 0. The highest BCUT2D eigenvalue weighted by Crippen LogP contribution is 2.16. The van der Waals surface area contributed by atoms with Crippen LogP contribution in [0.2, 0.25) is 0 Å². The first-order valence-corrected chi connectivity index (χ1v) is 9.70. The summed E-state index contributed by atoms with van der Waals surface area (Å²) >= 11 is 1.67. The van der Waals surface area contributed by atoms with Crippen molar-refractivity contribution >= 4 is 34.8 Å².